The molecule has 0 aliphatic heterocycles. The zero-order valence-corrected chi connectivity index (χ0v) is 18.2. The van der Waals surface area contributed by atoms with E-state index in [9.17, 15) is 4.79 Å². The van der Waals surface area contributed by atoms with Crippen LogP contribution in [-0.4, -0.2) is 47.0 Å². The zero-order valence-electron chi connectivity index (χ0n) is 18.2. The van der Waals surface area contributed by atoms with Crippen LogP contribution in [0.2, 0.25) is 0 Å². The second-order valence-electron chi connectivity index (χ2n) is 7.01. The van der Waals surface area contributed by atoms with Gasteiger partial charge in [-0.05, 0) is 24.6 Å². The fraction of sp³-hybridized carbons (Fsp3) is 0.217. The molecule has 4 rings (SSSR count). The van der Waals surface area contributed by atoms with Crippen LogP contribution in [0.15, 0.2) is 48.5 Å². The van der Waals surface area contributed by atoms with E-state index in [4.69, 9.17) is 14.2 Å². The number of aromatic nitrogens is 4. The fourth-order valence-corrected chi connectivity index (χ4v) is 3.49. The van der Waals surface area contributed by atoms with E-state index in [2.05, 4.69) is 20.6 Å². The topological polar surface area (TPSA) is 99.9 Å². The molecule has 4 aromatic rings. The molecular formula is C23H23N5O4. The van der Waals surface area contributed by atoms with Gasteiger partial charge >= 0.3 is 0 Å². The summed E-state index contributed by atoms with van der Waals surface area (Å²) in [5.41, 5.74) is 4.19. The van der Waals surface area contributed by atoms with Gasteiger partial charge in [-0.25, -0.2) is 4.52 Å². The van der Waals surface area contributed by atoms with Crippen LogP contribution in [0.25, 0.3) is 16.8 Å². The number of hydrogen-bond donors (Lipinski definition) is 1. The molecule has 0 radical (unpaired) electrons. The molecule has 1 amide bonds. The lowest BCUT2D eigenvalue weighted by atomic mass is 10.1. The maximum absolute atomic E-state index is 13.1. The molecule has 0 saturated carbocycles. The van der Waals surface area contributed by atoms with E-state index in [1.807, 2.05) is 30.3 Å². The van der Waals surface area contributed by atoms with Gasteiger partial charge in [-0.15, -0.1) is 10.2 Å². The third kappa shape index (κ3) is 3.85. The molecule has 164 valence electrons. The number of benzene rings is 2. The van der Waals surface area contributed by atoms with Gasteiger partial charge in [-0.1, -0.05) is 30.3 Å². The first-order valence-corrected chi connectivity index (χ1v) is 9.90. The first-order chi connectivity index (χ1) is 15.6. The van der Waals surface area contributed by atoms with E-state index in [0.717, 1.165) is 11.1 Å². The van der Waals surface area contributed by atoms with Crippen LogP contribution < -0.4 is 14.8 Å². The summed E-state index contributed by atoms with van der Waals surface area (Å²) in [6, 6.07) is 14.9. The average molecular weight is 433 g/mol. The van der Waals surface area contributed by atoms with Crippen LogP contribution in [0.5, 0.6) is 11.5 Å². The average Bonchev–Trinajstić information content (AvgIpc) is 3.19. The highest BCUT2D eigenvalue weighted by Crippen LogP contribution is 2.31. The fourth-order valence-electron chi connectivity index (χ4n) is 3.49. The Morgan fingerprint density at radius 1 is 1.03 bits per heavy atom. The Morgan fingerprint density at radius 3 is 2.50 bits per heavy atom. The molecular weight excluding hydrogens is 410 g/mol. The summed E-state index contributed by atoms with van der Waals surface area (Å²) < 4.78 is 17.5. The molecule has 2 aromatic heterocycles. The van der Waals surface area contributed by atoms with Gasteiger partial charge in [0.15, 0.2) is 11.3 Å². The molecule has 32 heavy (non-hydrogen) atoms. The van der Waals surface area contributed by atoms with Gasteiger partial charge < -0.3 is 19.5 Å². The standard InChI is InChI=1S/C23H23N5O4/c1-14-21(23(29)24-17-12-16(31-3)10-11-19(17)32-4)25-26-22-20(15-8-6-5-7-9-15)18(13-30-2)27-28(14)22/h5-12H,13H2,1-4H3,(H,24,29). The van der Waals surface area contributed by atoms with Crippen LogP contribution in [0, 0.1) is 6.92 Å². The summed E-state index contributed by atoms with van der Waals surface area (Å²) in [7, 11) is 4.69. The summed E-state index contributed by atoms with van der Waals surface area (Å²) in [6.45, 7) is 2.08. The van der Waals surface area contributed by atoms with Crippen molar-refractivity contribution in [3.05, 3.63) is 65.6 Å². The van der Waals surface area contributed by atoms with Crippen LogP contribution in [-0.2, 0) is 11.3 Å². The van der Waals surface area contributed by atoms with Gasteiger partial charge in [0, 0.05) is 13.2 Å². The third-order valence-electron chi connectivity index (χ3n) is 5.05. The second-order valence-corrected chi connectivity index (χ2v) is 7.01. The van der Waals surface area contributed by atoms with Crippen molar-refractivity contribution in [1.29, 1.82) is 0 Å². The Labute approximate surface area is 185 Å². The minimum absolute atomic E-state index is 0.147. The Kier molecular flexibility index (Phi) is 6.00. The molecule has 0 spiro atoms. The van der Waals surface area contributed by atoms with Gasteiger partial charge in [-0.2, -0.15) is 5.10 Å². The minimum Gasteiger partial charge on any atom is -0.497 e. The van der Waals surface area contributed by atoms with Crippen molar-refractivity contribution in [1.82, 2.24) is 19.8 Å². The summed E-state index contributed by atoms with van der Waals surface area (Å²) in [4.78, 5) is 13.1. The van der Waals surface area contributed by atoms with Gasteiger partial charge in [-0.3, -0.25) is 4.79 Å². The number of methoxy groups -OCH3 is 3. The Hall–Kier alpha value is -3.98. The van der Waals surface area contributed by atoms with E-state index in [1.165, 1.54) is 7.11 Å². The van der Waals surface area contributed by atoms with Crippen LogP contribution >= 0.6 is 0 Å². The molecule has 0 aliphatic carbocycles. The molecule has 0 aliphatic rings. The van der Waals surface area contributed by atoms with E-state index >= 15 is 0 Å². The van der Waals surface area contributed by atoms with Crippen LogP contribution in [0.3, 0.4) is 0 Å². The number of nitrogens with one attached hydrogen (secondary N) is 1. The van der Waals surface area contributed by atoms with Crippen molar-refractivity contribution in [3.63, 3.8) is 0 Å². The predicted octanol–water partition coefficient (Wildman–Crippen LogP) is 3.52. The number of nitrogens with zero attached hydrogens (tertiary/aromatic N) is 4. The number of hydrogen-bond acceptors (Lipinski definition) is 7. The third-order valence-corrected chi connectivity index (χ3v) is 5.05. The van der Waals surface area contributed by atoms with Crippen LogP contribution in [0.4, 0.5) is 5.69 Å². The first-order valence-electron chi connectivity index (χ1n) is 9.90. The second kappa shape index (κ2) is 9.03. The Balaban J connectivity index is 1.77. The highest BCUT2D eigenvalue weighted by molar-refractivity contribution is 6.04. The van der Waals surface area contributed by atoms with Crippen molar-refractivity contribution in [2.24, 2.45) is 0 Å². The number of amides is 1. The number of rotatable bonds is 7. The van der Waals surface area contributed by atoms with Crippen molar-refractivity contribution < 1.29 is 19.0 Å². The molecule has 0 bridgehead atoms. The first kappa shape index (κ1) is 21.3. The maximum Gasteiger partial charge on any atom is 0.278 e. The quantitative estimate of drug-likeness (QED) is 0.476. The van der Waals surface area contributed by atoms with Crippen molar-refractivity contribution in [2.45, 2.75) is 13.5 Å². The van der Waals surface area contributed by atoms with Crippen molar-refractivity contribution in [3.8, 4) is 22.6 Å². The SMILES string of the molecule is COCc1nn2c(C)c(C(=O)Nc3cc(OC)ccc3OC)nnc2c1-c1ccccc1. The lowest BCUT2D eigenvalue weighted by molar-refractivity contribution is 0.101. The van der Waals surface area contributed by atoms with E-state index in [0.29, 0.717) is 40.8 Å². The number of ether oxygens (including phenoxy) is 3. The highest BCUT2D eigenvalue weighted by atomic mass is 16.5. The summed E-state index contributed by atoms with van der Waals surface area (Å²) >= 11 is 0. The van der Waals surface area contributed by atoms with Crippen molar-refractivity contribution >= 4 is 17.2 Å². The Morgan fingerprint density at radius 2 is 1.81 bits per heavy atom. The smallest absolute Gasteiger partial charge is 0.278 e. The number of carbonyl (C=O) groups excluding carboxylic acids is 1. The van der Waals surface area contributed by atoms with Gasteiger partial charge in [0.1, 0.15) is 11.5 Å². The normalized spacial score (nSPS) is 10.9. The monoisotopic (exact) mass is 433 g/mol. The molecule has 0 atom stereocenters. The molecule has 9 nitrogen and oxygen atoms in total. The lowest BCUT2D eigenvalue weighted by Crippen LogP contribution is -2.19. The number of anilines is 1. The number of carbonyl (C=O) groups is 1. The maximum atomic E-state index is 13.1. The van der Waals surface area contributed by atoms with Gasteiger partial charge in [0.05, 0.1) is 43.5 Å². The van der Waals surface area contributed by atoms with Crippen molar-refractivity contribution in [2.75, 3.05) is 26.6 Å². The summed E-state index contributed by atoms with van der Waals surface area (Å²) in [5.74, 6) is 0.648. The summed E-state index contributed by atoms with van der Waals surface area (Å²) in [5, 5.41) is 16.0. The largest absolute Gasteiger partial charge is 0.497 e. The molecule has 0 fully saturated rings. The lowest BCUT2D eigenvalue weighted by Gasteiger charge is -2.12. The molecule has 0 saturated heterocycles. The van der Waals surface area contributed by atoms with E-state index in [-0.39, 0.29) is 5.69 Å². The minimum atomic E-state index is -0.437. The molecule has 1 N–H and O–H groups in total. The highest BCUT2D eigenvalue weighted by Gasteiger charge is 2.22. The molecule has 0 unspecified atom stereocenters. The zero-order chi connectivity index (χ0) is 22.7. The molecule has 2 heterocycles. The van der Waals surface area contributed by atoms with E-state index < -0.39 is 5.91 Å². The van der Waals surface area contributed by atoms with E-state index in [1.54, 1.807) is 43.9 Å². The summed E-state index contributed by atoms with van der Waals surface area (Å²) in [6.07, 6.45) is 0. The Bertz CT molecular complexity index is 1270. The van der Waals surface area contributed by atoms with Gasteiger partial charge in [0.2, 0.25) is 0 Å². The van der Waals surface area contributed by atoms with Crippen LogP contribution in [0.1, 0.15) is 21.9 Å². The predicted molar refractivity (Wildman–Crippen MR) is 119 cm³/mol. The number of fused-ring (bicyclic) bond motifs is 1. The van der Waals surface area contributed by atoms with Gasteiger partial charge in [0.25, 0.3) is 5.91 Å². The molecule has 2 aromatic carbocycles. The number of aryl methyl sites for hydroxylation is 1. The molecule has 9 heteroatoms.